The van der Waals surface area contributed by atoms with Gasteiger partial charge in [-0.2, -0.15) is 0 Å². The van der Waals surface area contributed by atoms with E-state index in [2.05, 4.69) is 36.6 Å². The predicted octanol–water partition coefficient (Wildman–Crippen LogP) is 2.18. The Bertz CT molecular complexity index is 365. The van der Waals surface area contributed by atoms with Crippen LogP contribution in [-0.4, -0.2) is 15.5 Å². The summed E-state index contributed by atoms with van der Waals surface area (Å²) >= 11 is 7.59. The molecule has 0 spiro atoms. The zero-order chi connectivity index (χ0) is 9.35. The fraction of sp³-hybridized carbons (Fsp3) is 0.200. The highest BCUT2D eigenvalue weighted by Gasteiger charge is 2.16. The molecule has 0 amide bonds. The number of nitrogens with one attached hydrogen (secondary N) is 1. The molecule has 12 heavy (non-hydrogen) atoms. The number of hydrogen-bond acceptors (Lipinski definition) is 3. The second-order valence-corrected chi connectivity index (χ2v) is 7.23. The number of thiophene rings is 1. The molecule has 0 aliphatic carbocycles. The monoisotopic (exact) mass is 333 g/mol. The van der Waals surface area contributed by atoms with Gasteiger partial charge >= 0.3 is 0 Å². The van der Waals surface area contributed by atoms with Crippen LogP contribution >= 0.6 is 43.2 Å². The second kappa shape index (κ2) is 3.75. The number of hydrogen-bond donors (Lipinski definition) is 1. The van der Waals surface area contributed by atoms with Gasteiger partial charge in [0.15, 0.2) is 0 Å². The van der Waals surface area contributed by atoms with Gasteiger partial charge in [-0.1, -0.05) is 0 Å². The molecule has 0 aromatic carbocycles. The average Bonchev–Trinajstić information content (AvgIpc) is 2.33. The Morgan fingerprint density at radius 2 is 2.08 bits per heavy atom. The molecule has 1 N–H and O–H groups in total. The molecule has 1 heterocycles. The normalized spacial score (nSPS) is 11.9. The van der Waals surface area contributed by atoms with Crippen molar-refractivity contribution in [3.63, 3.8) is 0 Å². The third-order valence-electron chi connectivity index (χ3n) is 1.16. The molecule has 0 aliphatic rings. The maximum absolute atomic E-state index is 11.2. The van der Waals surface area contributed by atoms with Gasteiger partial charge in [0.1, 0.15) is 4.21 Å². The summed E-state index contributed by atoms with van der Waals surface area (Å²) in [6, 6.07) is 1.56. The Labute approximate surface area is 91.5 Å². The van der Waals surface area contributed by atoms with Crippen LogP contribution in [0.3, 0.4) is 0 Å². The summed E-state index contributed by atoms with van der Waals surface area (Å²) in [4.78, 5) is 0. The molecule has 1 rings (SSSR count). The van der Waals surface area contributed by atoms with Gasteiger partial charge in [0, 0.05) is 4.47 Å². The summed E-state index contributed by atoms with van der Waals surface area (Å²) in [5, 5.41) is 0. The predicted molar refractivity (Wildman–Crippen MR) is 56.0 cm³/mol. The van der Waals surface area contributed by atoms with Crippen LogP contribution in [0.25, 0.3) is 0 Å². The Hall–Kier alpha value is 0.570. The molecule has 0 radical (unpaired) electrons. The minimum Gasteiger partial charge on any atom is -0.214 e. The largest absolute Gasteiger partial charge is 0.249 e. The third kappa shape index (κ3) is 2.08. The van der Waals surface area contributed by atoms with Crippen molar-refractivity contribution in [3.8, 4) is 0 Å². The number of sulfonamides is 1. The molecule has 0 saturated carbocycles. The van der Waals surface area contributed by atoms with Crippen LogP contribution in [0.2, 0.25) is 0 Å². The van der Waals surface area contributed by atoms with Crippen LogP contribution in [0.4, 0.5) is 0 Å². The van der Waals surface area contributed by atoms with Crippen molar-refractivity contribution in [1.29, 1.82) is 0 Å². The standard InChI is InChI=1S/C5H5Br2NO2S2/c1-8-12(9,10)4-2-3(6)5(7)11-4/h2,8H,1H3. The molecule has 0 fully saturated rings. The molecular weight excluding hydrogens is 330 g/mol. The first-order valence-corrected chi connectivity index (χ1v) is 6.74. The third-order valence-corrected chi connectivity index (χ3v) is 6.30. The Morgan fingerprint density at radius 1 is 1.50 bits per heavy atom. The summed E-state index contributed by atoms with van der Waals surface area (Å²) in [5.41, 5.74) is 0. The maximum Gasteiger partial charge on any atom is 0.249 e. The Balaban J connectivity index is 3.22. The van der Waals surface area contributed by atoms with Gasteiger partial charge in [-0.15, -0.1) is 11.3 Å². The molecule has 0 aliphatic heterocycles. The molecule has 3 nitrogen and oxygen atoms in total. The van der Waals surface area contributed by atoms with Crippen molar-refractivity contribution in [3.05, 3.63) is 14.3 Å². The van der Waals surface area contributed by atoms with E-state index in [4.69, 9.17) is 0 Å². The summed E-state index contributed by atoms with van der Waals surface area (Å²) in [6.07, 6.45) is 0. The first kappa shape index (κ1) is 10.6. The molecule has 68 valence electrons. The quantitative estimate of drug-likeness (QED) is 0.901. The van der Waals surface area contributed by atoms with E-state index in [1.807, 2.05) is 0 Å². The Morgan fingerprint density at radius 3 is 2.42 bits per heavy atom. The summed E-state index contributed by atoms with van der Waals surface area (Å²) in [6.45, 7) is 0. The lowest BCUT2D eigenvalue weighted by Crippen LogP contribution is -2.17. The van der Waals surface area contributed by atoms with Crippen LogP contribution in [0.15, 0.2) is 18.5 Å². The van der Waals surface area contributed by atoms with Crippen LogP contribution < -0.4 is 4.72 Å². The lowest BCUT2D eigenvalue weighted by Gasteiger charge is -1.95. The highest BCUT2D eigenvalue weighted by molar-refractivity contribution is 9.13. The summed E-state index contributed by atoms with van der Waals surface area (Å²) < 4.78 is 26.5. The van der Waals surface area contributed by atoms with Gasteiger partial charge in [-0.25, -0.2) is 13.1 Å². The summed E-state index contributed by atoms with van der Waals surface area (Å²) in [5.74, 6) is 0. The van der Waals surface area contributed by atoms with Crippen LogP contribution in [0, 0.1) is 0 Å². The smallest absolute Gasteiger partial charge is 0.214 e. The minimum absolute atomic E-state index is 0.295. The summed E-state index contributed by atoms with van der Waals surface area (Å²) in [7, 11) is -1.91. The van der Waals surface area contributed by atoms with Crippen molar-refractivity contribution in [2.75, 3.05) is 7.05 Å². The molecule has 0 bridgehead atoms. The lowest BCUT2D eigenvalue weighted by molar-refractivity contribution is 0.590. The van der Waals surface area contributed by atoms with Gasteiger partial charge in [-0.3, -0.25) is 0 Å². The van der Waals surface area contributed by atoms with E-state index in [1.54, 1.807) is 6.07 Å². The zero-order valence-electron chi connectivity index (χ0n) is 5.97. The van der Waals surface area contributed by atoms with Crippen molar-refractivity contribution in [1.82, 2.24) is 4.72 Å². The highest BCUT2D eigenvalue weighted by atomic mass is 79.9. The van der Waals surface area contributed by atoms with Crippen LogP contribution in [0.1, 0.15) is 0 Å². The van der Waals surface area contributed by atoms with Gasteiger partial charge in [0.2, 0.25) is 10.0 Å². The second-order valence-electron chi connectivity index (χ2n) is 1.89. The molecule has 0 unspecified atom stereocenters. The molecule has 0 saturated heterocycles. The molecule has 0 atom stereocenters. The van der Waals surface area contributed by atoms with Crippen LogP contribution in [-0.2, 0) is 10.0 Å². The van der Waals surface area contributed by atoms with Gasteiger partial charge < -0.3 is 0 Å². The molecule has 7 heteroatoms. The van der Waals surface area contributed by atoms with E-state index in [9.17, 15) is 8.42 Å². The first-order valence-electron chi connectivity index (χ1n) is 2.86. The highest BCUT2D eigenvalue weighted by Crippen LogP contribution is 2.34. The zero-order valence-corrected chi connectivity index (χ0v) is 10.8. The number of halogens is 2. The molecule has 1 aromatic heterocycles. The van der Waals surface area contributed by atoms with E-state index in [0.717, 1.165) is 8.26 Å². The van der Waals surface area contributed by atoms with E-state index >= 15 is 0 Å². The maximum atomic E-state index is 11.2. The van der Waals surface area contributed by atoms with Crippen molar-refractivity contribution >= 4 is 53.2 Å². The van der Waals surface area contributed by atoms with Crippen LogP contribution in [0.5, 0.6) is 0 Å². The molecule has 1 aromatic rings. The topological polar surface area (TPSA) is 46.2 Å². The van der Waals surface area contributed by atoms with E-state index in [0.29, 0.717) is 4.21 Å². The van der Waals surface area contributed by atoms with E-state index < -0.39 is 10.0 Å². The Kier molecular flexibility index (Phi) is 3.33. The fourth-order valence-electron chi connectivity index (χ4n) is 0.560. The van der Waals surface area contributed by atoms with E-state index in [-0.39, 0.29) is 0 Å². The lowest BCUT2D eigenvalue weighted by atomic mass is 10.7. The first-order chi connectivity index (χ1) is 5.47. The van der Waals surface area contributed by atoms with Crippen molar-refractivity contribution < 1.29 is 8.42 Å². The van der Waals surface area contributed by atoms with Gasteiger partial charge in [-0.05, 0) is 45.0 Å². The van der Waals surface area contributed by atoms with Crippen molar-refractivity contribution in [2.24, 2.45) is 0 Å². The van der Waals surface area contributed by atoms with Gasteiger partial charge in [0.05, 0.1) is 3.79 Å². The van der Waals surface area contributed by atoms with Gasteiger partial charge in [0.25, 0.3) is 0 Å². The van der Waals surface area contributed by atoms with Crippen molar-refractivity contribution in [2.45, 2.75) is 4.21 Å². The fourth-order valence-corrected chi connectivity index (χ4v) is 4.22. The number of rotatable bonds is 2. The van der Waals surface area contributed by atoms with E-state index in [1.165, 1.54) is 18.4 Å². The SMILES string of the molecule is CNS(=O)(=O)c1cc(Br)c(Br)s1. The minimum atomic E-state index is -3.29. The average molecular weight is 335 g/mol. The molecular formula is C5H5Br2NO2S2.